The normalized spacial score (nSPS) is 22.3. The molecule has 138 valence electrons. The molecule has 0 aliphatic carbocycles. The number of hydrogen-bond donors (Lipinski definition) is 1. The first kappa shape index (κ1) is 18.1. The van der Waals surface area contributed by atoms with Gasteiger partial charge in [0.05, 0.1) is 13.2 Å². The maximum Gasteiger partial charge on any atom is 0.330 e. The third-order valence-corrected chi connectivity index (χ3v) is 4.11. The third-order valence-electron chi connectivity index (χ3n) is 4.11. The van der Waals surface area contributed by atoms with Gasteiger partial charge in [-0.25, -0.2) is 4.79 Å². The number of nitrogens with zero attached hydrogens (tertiary/aromatic N) is 1. The quantitative estimate of drug-likeness (QED) is 0.795. The molecule has 1 aliphatic heterocycles. The number of nitrogens with one attached hydrogen (secondary N) is 1. The van der Waals surface area contributed by atoms with E-state index in [9.17, 15) is 14.4 Å². The second-order valence-electron chi connectivity index (χ2n) is 6.11. The maximum absolute atomic E-state index is 12.1. The number of hydrogen-bond acceptors (Lipinski definition) is 6. The summed E-state index contributed by atoms with van der Waals surface area (Å²) in [5, 5.41) is 0. The van der Waals surface area contributed by atoms with Crippen LogP contribution in [-0.4, -0.2) is 34.3 Å². The summed E-state index contributed by atoms with van der Waals surface area (Å²) in [4.78, 5) is 37.5. The summed E-state index contributed by atoms with van der Waals surface area (Å²) in [5.74, 6) is -0.506. The fourth-order valence-electron chi connectivity index (χ4n) is 2.83. The lowest BCUT2D eigenvalue weighted by Crippen LogP contribution is -2.40. The van der Waals surface area contributed by atoms with Crippen molar-refractivity contribution in [2.24, 2.45) is 0 Å². The molecule has 1 aliphatic rings. The Labute approximate surface area is 149 Å². The molecule has 0 radical (unpaired) electrons. The highest BCUT2D eigenvalue weighted by atomic mass is 16.6. The van der Waals surface area contributed by atoms with Crippen molar-refractivity contribution in [3.05, 3.63) is 68.5 Å². The van der Waals surface area contributed by atoms with Crippen molar-refractivity contribution in [2.75, 3.05) is 6.61 Å². The van der Waals surface area contributed by atoms with Gasteiger partial charge in [-0.2, -0.15) is 0 Å². The number of H-pyrrole nitrogens is 1. The van der Waals surface area contributed by atoms with Crippen molar-refractivity contribution < 1.29 is 19.0 Å². The van der Waals surface area contributed by atoms with Crippen molar-refractivity contribution in [1.29, 1.82) is 0 Å². The zero-order valence-corrected chi connectivity index (χ0v) is 14.5. The van der Waals surface area contributed by atoms with Crippen LogP contribution in [0.4, 0.5) is 0 Å². The molecule has 1 fully saturated rings. The van der Waals surface area contributed by atoms with E-state index < -0.39 is 35.7 Å². The van der Waals surface area contributed by atoms with Gasteiger partial charge in [-0.05, 0) is 12.5 Å². The van der Waals surface area contributed by atoms with Crippen molar-refractivity contribution in [1.82, 2.24) is 9.55 Å². The molecule has 2 heterocycles. The minimum absolute atomic E-state index is 0.153. The molecule has 26 heavy (non-hydrogen) atoms. The smallest absolute Gasteiger partial charge is 0.330 e. The zero-order chi connectivity index (χ0) is 18.7. The van der Waals surface area contributed by atoms with Crippen molar-refractivity contribution in [3.63, 3.8) is 0 Å². The van der Waals surface area contributed by atoms with Gasteiger partial charge in [0.1, 0.15) is 6.10 Å². The predicted octanol–water partition coefficient (Wildman–Crippen LogP) is 0.891. The molecule has 3 rings (SSSR count). The van der Waals surface area contributed by atoms with Gasteiger partial charge in [0, 0.05) is 18.7 Å². The first-order valence-electron chi connectivity index (χ1n) is 8.22. The van der Waals surface area contributed by atoms with E-state index in [0.717, 1.165) is 5.56 Å². The summed E-state index contributed by atoms with van der Waals surface area (Å²) in [6, 6.07) is 9.55. The number of benzene rings is 1. The van der Waals surface area contributed by atoms with E-state index in [0.29, 0.717) is 12.2 Å². The van der Waals surface area contributed by atoms with Crippen molar-refractivity contribution in [2.45, 2.75) is 38.9 Å². The highest BCUT2D eigenvalue weighted by molar-refractivity contribution is 5.66. The largest absolute Gasteiger partial charge is 0.455 e. The van der Waals surface area contributed by atoms with Gasteiger partial charge in [0.15, 0.2) is 12.3 Å². The van der Waals surface area contributed by atoms with Gasteiger partial charge >= 0.3 is 11.7 Å². The second-order valence-corrected chi connectivity index (χ2v) is 6.11. The Kier molecular flexibility index (Phi) is 5.34. The summed E-state index contributed by atoms with van der Waals surface area (Å²) in [5.41, 5.74) is 0.217. The monoisotopic (exact) mass is 360 g/mol. The standard InChI is InChI=1S/C18H20N2O6/c1-11-8-20(18(23)19-16(11)22)17-15(26-12(2)21)14(10-25-17)24-9-13-6-4-3-5-7-13/h3-8,14-15,17H,9-10H2,1-2H3,(H,19,22,23)/t14-,15+,17+/m0/s1. The van der Waals surface area contributed by atoms with Gasteiger partial charge in [-0.1, -0.05) is 30.3 Å². The Morgan fingerprint density at radius 3 is 2.73 bits per heavy atom. The van der Waals surface area contributed by atoms with Crippen molar-refractivity contribution >= 4 is 5.97 Å². The van der Waals surface area contributed by atoms with Gasteiger partial charge in [0.2, 0.25) is 0 Å². The molecule has 3 atom stereocenters. The highest BCUT2D eigenvalue weighted by Crippen LogP contribution is 2.28. The molecule has 8 nitrogen and oxygen atoms in total. The summed E-state index contributed by atoms with van der Waals surface area (Å²) in [6.07, 6.45) is -0.827. The Morgan fingerprint density at radius 2 is 2.04 bits per heavy atom. The van der Waals surface area contributed by atoms with E-state index in [-0.39, 0.29) is 6.61 Å². The van der Waals surface area contributed by atoms with Gasteiger partial charge < -0.3 is 14.2 Å². The summed E-state index contributed by atoms with van der Waals surface area (Å²) in [6.45, 7) is 3.33. The van der Waals surface area contributed by atoms with E-state index in [1.807, 2.05) is 30.3 Å². The molecule has 1 saturated heterocycles. The topological polar surface area (TPSA) is 99.6 Å². The molecule has 0 saturated carbocycles. The van der Waals surface area contributed by atoms with E-state index in [2.05, 4.69) is 4.98 Å². The number of esters is 1. The zero-order valence-electron chi connectivity index (χ0n) is 14.5. The van der Waals surface area contributed by atoms with Crippen LogP contribution in [0.2, 0.25) is 0 Å². The SMILES string of the molecule is CC(=O)O[C@@H]1[C@@H](OCc2ccccc2)CO[C@H]1n1cc(C)c(=O)[nH]c1=O. The Bertz CT molecular complexity index is 889. The van der Waals surface area contributed by atoms with Crippen LogP contribution in [0.15, 0.2) is 46.1 Å². The number of carbonyl (C=O) groups excluding carboxylic acids is 1. The van der Waals surface area contributed by atoms with Gasteiger partial charge in [0.25, 0.3) is 5.56 Å². The molecular formula is C18H20N2O6. The molecule has 0 spiro atoms. The Hall–Kier alpha value is -2.71. The van der Waals surface area contributed by atoms with Gasteiger partial charge in [-0.15, -0.1) is 0 Å². The number of ether oxygens (including phenoxy) is 3. The van der Waals surface area contributed by atoms with Crippen LogP contribution in [-0.2, 0) is 25.6 Å². The van der Waals surface area contributed by atoms with Crippen LogP contribution in [0.25, 0.3) is 0 Å². The average molecular weight is 360 g/mol. The van der Waals surface area contributed by atoms with Crippen LogP contribution in [0.5, 0.6) is 0 Å². The second kappa shape index (κ2) is 7.67. The summed E-state index contributed by atoms with van der Waals surface area (Å²) < 4.78 is 18.1. The Morgan fingerprint density at radius 1 is 1.31 bits per heavy atom. The van der Waals surface area contributed by atoms with Crippen LogP contribution in [0, 0.1) is 6.92 Å². The number of aryl methyl sites for hydroxylation is 1. The molecule has 0 unspecified atom stereocenters. The minimum atomic E-state index is -0.872. The van der Waals surface area contributed by atoms with Gasteiger partial charge in [-0.3, -0.25) is 19.1 Å². The van der Waals surface area contributed by atoms with Crippen LogP contribution in [0.1, 0.15) is 24.3 Å². The number of aromatic nitrogens is 2. The lowest BCUT2D eigenvalue weighted by atomic mass is 10.2. The molecule has 2 aromatic rings. The van der Waals surface area contributed by atoms with Crippen LogP contribution in [0.3, 0.4) is 0 Å². The fraction of sp³-hybridized carbons (Fsp3) is 0.389. The predicted molar refractivity (Wildman–Crippen MR) is 91.6 cm³/mol. The summed E-state index contributed by atoms with van der Waals surface area (Å²) >= 11 is 0. The van der Waals surface area contributed by atoms with Crippen LogP contribution >= 0.6 is 0 Å². The number of rotatable bonds is 5. The first-order chi connectivity index (χ1) is 12.5. The summed E-state index contributed by atoms with van der Waals surface area (Å²) in [7, 11) is 0. The van der Waals surface area contributed by atoms with E-state index >= 15 is 0 Å². The maximum atomic E-state index is 12.1. The fourth-order valence-corrected chi connectivity index (χ4v) is 2.83. The van der Waals surface area contributed by atoms with E-state index in [1.165, 1.54) is 17.7 Å². The average Bonchev–Trinajstić information content (AvgIpc) is 2.99. The molecule has 1 N–H and O–H groups in total. The van der Waals surface area contributed by atoms with Crippen molar-refractivity contribution in [3.8, 4) is 0 Å². The first-order valence-corrected chi connectivity index (χ1v) is 8.22. The highest BCUT2D eigenvalue weighted by Gasteiger charge is 2.42. The minimum Gasteiger partial charge on any atom is -0.455 e. The number of aromatic amines is 1. The van der Waals surface area contributed by atoms with Crippen LogP contribution < -0.4 is 11.2 Å². The van der Waals surface area contributed by atoms with E-state index in [4.69, 9.17) is 14.2 Å². The third kappa shape index (κ3) is 3.92. The Balaban J connectivity index is 1.82. The van der Waals surface area contributed by atoms with E-state index in [1.54, 1.807) is 6.92 Å². The molecule has 1 aromatic heterocycles. The lowest BCUT2D eigenvalue weighted by molar-refractivity contribution is -0.158. The number of carbonyl (C=O) groups is 1. The molecule has 0 bridgehead atoms. The molecule has 1 aromatic carbocycles. The lowest BCUT2D eigenvalue weighted by Gasteiger charge is -2.24. The molecular weight excluding hydrogens is 340 g/mol. The molecule has 0 amide bonds. The molecule has 8 heteroatoms.